The molecule has 2 unspecified atom stereocenters. The van der Waals surface area contributed by atoms with Crippen molar-refractivity contribution in [3.05, 3.63) is 23.6 Å². The van der Waals surface area contributed by atoms with Gasteiger partial charge in [0.2, 0.25) is 0 Å². The Balaban J connectivity index is 1.40. The second kappa shape index (κ2) is 6.39. The lowest BCUT2D eigenvalue weighted by atomic mass is 9.61. The maximum absolute atomic E-state index is 12.3. The van der Waals surface area contributed by atoms with Gasteiger partial charge in [0.1, 0.15) is 11.6 Å². The van der Waals surface area contributed by atoms with Crippen LogP contribution < -0.4 is 5.32 Å². The summed E-state index contributed by atoms with van der Waals surface area (Å²) in [5.41, 5.74) is -0.118. The summed E-state index contributed by atoms with van der Waals surface area (Å²) in [7, 11) is 0. The van der Waals surface area contributed by atoms with Gasteiger partial charge in [0.05, 0.1) is 23.8 Å². The van der Waals surface area contributed by atoms with Gasteiger partial charge < -0.3 is 25.1 Å². The van der Waals surface area contributed by atoms with Gasteiger partial charge in [0.15, 0.2) is 0 Å². The highest BCUT2D eigenvalue weighted by Gasteiger charge is 2.56. The van der Waals surface area contributed by atoms with Gasteiger partial charge in [0.25, 0.3) is 0 Å². The molecular weight excluding hydrogens is 376 g/mol. The molecule has 158 valence electrons. The van der Waals surface area contributed by atoms with E-state index >= 15 is 0 Å². The number of amides is 1. The molecule has 1 amide bonds. The molecule has 2 fully saturated rings. The Morgan fingerprint density at radius 2 is 2.14 bits per heavy atom. The number of rotatable bonds is 3. The predicted molar refractivity (Wildman–Crippen MR) is 101 cm³/mol. The van der Waals surface area contributed by atoms with Gasteiger partial charge in [-0.1, -0.05) is 13.0 Å². The molecule has 0 aromatic heterocycles. The van der Waals surface area contributed by atoms with Crippen LogP contribution in [0.2, 0.25) is 0 Å². The quantitative estimate of drug-likeness (QED) is 0.662. The van der Waals surface area contributed by atoms with Crippen LogP contribution in [0, 0.1) is 17.3 Å². The van der Waals surface area contributed by atoms with Crippen LogP contribution in [0.4, 0.5) is 4.79 Å². The number of aliphatic hydroxyl groups excluding tert-OH is 1. The van der Waals surface area contributed by atoms with Crippen LogP contribution in [0.5, 0.6) is 0 Å². The monoisotopic (exact) mass is 404 g/mol. The third-order valence-electron chi connectivity index (χ3n) is 7.29. The molecule has 8 heteroatoms. The topological polar surface area (TPSA) is 108 Å². The molecule has 5 rings (SSSR count). The summed E-state index contributed by atoms with van der Waals surface area (Å²) in [6.07, 6.45) is 7.83. The van der Waals surface area contributed by atoms with Gasteiger partial charge in [-0.15, -0.1) is 0 Å². The molecule has 3 N–H and O–H groups in total. The van der Waals surface area contributed by atoms with Crippen LogP contribution >= 0.6 is 0 Å². The summed E-state index contributed by atoms with van der Waals surface area (Å²) < 4.78 is 6.33. The van der Waals surface area contributed by atoms with Gasteiger partial charge in [0, 0.05) is 18.5 Å². The number of hydrogen-bond acceptors (Lipinski definition) is 6. The molecule has 29 heavy (non-hydrogen) atoms. The van der Waals surface area contributed by atoms with E-state index < -0.39 is 23.7 Å². The number of nitrogens with one attached hydrogen (secondary N) is 1. The number of ether oxygens (including phenoxy) is 1. The number of carboxylic acid groups (broad SMARTS) is 1. The Morgan fingerprint density at radius 3 is 2.86 bits per heavy atom. The van der Waals surface area contributed by atoms with Crippen molar-refractivity contribution in [1.82, 2.24) is 10.4 Å². The van der Waals surface area contributed by atoms with Crippen LogP contribution in [0.1, 0.15) is 51.9 Å². The van der Waals surface area contributed by atoms with Crippen molar-refractivity contribution in [2.45, 2.75) is 69.6 Å². The fraction of sp³-hybridized carbons (Fsp3) is 0.714. The second-order valence-electron chi connectivity index (χ2n) is 9.47. The van der Waals surface area contributed by atoms with Crippen LogP contribution in [0.3, 0.4) is 0 Å². The molecule has 2 saturated carbocycles. The van der Waals surface area contributed by atoms with E-state index in [1.165, 1.54) is 10.6 Å². The largest absolute Gasteiger partial charge is 0.493 e. The first kappa shape index (κ1) is 18.8. The first-order valence-corrected chi connectivity index (χ1v) is 10.6. The summed E-state index contributed by atoms with van der Waals surface area (Å²) in [6.45, 7) is 2.68. The van der Waals surface area contributed by atoms with E-state index in [1.54, 1.807) is 6.20 Å². The Morgan fingerprint density at radius 1 is 1.34 bits per heavy atom. The van der Waals surface area contributed by atoms with Crippen molar-refractivity contribution in [2.24, 2.45) is 17.3 Å². The average Bonchev–Trinajstić information content (AvgIpc) is 3.37. The van der Waals surface area contributed by atoms with Gasteiger partial charge in [-0.05, 0) is 50.0 Å². The molecular formula is C21H28N2O6. The van der Waals surface area contributed by atoms with Crippen LogP contribution in [-0.2, 0) is 14.4 Å². The Hall–Kier alpha value is -2.22. The molecule has 0 saturated heterocycles. The summed E-state index contributed by atoms with van der Waals surface area (Å²) in [4.78, 5) is 29.1. The molecule has 5 atom stereocenters. The number of carbonyl (C=O) groups excluding carboxylic acids is 1. The first-order chi connectivity index (χ1) is 13.8. The third-order valence-corrected chi connectivity index (χ3v) is 7.29. The highest BCUT2D eigenvalue weighted by Crippen LogP contribution is 2.59. The molecule has 0 aromatic carbocycles. The summed E-state index contributed by atoms with van der Waals surface area (Å²) >= 11 is 0. The smallest absolute Gasteiger partial charge is 0.432 e. The molecule has 8 nitrogen and oxygen atoms in total. The van der Waals surface area contributed by atoms with Crippen molar-refractivity contribution in [2.75, 3.05) is 6.54 Å². The Bertz CT molecular complexity index is 803. The van der Waals surface area contributed by atoms with E-state index in [-0.39, 0.29) is 17.4 Å². The molecule has 0 radical (unpaired) electrons. The van der Waals surface area contributed by atoms with Crippen molar-refractivity contribution >= 4 is 12.1 Å². The number of carbonyl (C=O) groups is 2. The van der Waals surface area contributed by atoms with Gasteiger partial charge >= 0.3 is 12.1 Å². The normalized spacial score (nSPS) is 39.0. The Labute approximate surface area is 169 Å². The van der Waals surface area contributed by atoms with Gasteiger partial charge in [-0.2, -0.15) is 0 Å². The van der Waals surface area contributed by atoms with Crippen molar-refractivity contribution in [3.8, 4) is 0 Å². The highest BCUT2D eigenvalue weighted by atomic mass is 16.7. The van der Waals surface area contributed by atoms with E-state index in [9.17, 15) is 19.8 Å². The van der Waals surface area contributed by atoms with Crippen molar-refractivity contribution < 1.29 is 29.4 Å². The number of hydroxylamine groups is 2. The first-order valence-electron chi connectivity index (χ1n) is 10.6. The minimum atomic E-state index is -1.18. The van der Waals surface area contributed by atoms with Crippen LogP contribution in [-0.4, -0.2) is 51.6 Å². The number of nitrogens with zero attached hydrogens (tertiary/aromatic N) is 1. The lowest BCUT2D eigenvalue weighted by Gasteiger charge is -2.41. The average molecular weight is 404 g/mol. The number of hydrogen-bond donors (Lipinski definition) is 3. The maximum atomic E-state index is 12.3. The molecule has 2 heterocycles. The standard InChI is InChI=1S/C21H28N2O6/c1-12-2-3-16-20(10-12)6-7-23(29-19(27)22-21(4-5-21)18(25)26)11-13-8-14(24)9-15(28-16)17(13)20/h6-7,12-14,16,24H,2-5,8-11H2,1H3,(H,22,27)(H,25,26)/t12?,13-,14-,16-,20?/m1/s1. The van der Waals surface area contributed by atoms with Crippen molar-refractivity contribution in [1.29, 1.82) is 0 Å². The fourth-order valence-electron chi connectivity index (χ4n) is 5.79. The van der Waals surface area contributed by atoms with Crippen LogP contribution in [0.25, 0.3) is 0 Å². The van der Waals surface area contributed by atoms with E-state index in [2.05, 4.69) is 18.3 Å². The molecule has 0 bridgehead atoms. The minimum absolute atomic E-state index is 0.0289. The zero-order valence-corrected chi connectivity index (χ0v) is 16.6. The van der Waals surface area contributed by atoms with Crippen LogP contribution in [0.15, 0.2) is 23.6 Å². The van der Waals surface area contributed by atoms with E-state index in [4.69, 9.17) is 9.57 Å². The lowest BCUT2D eigenvalue weighted by molar-refractivity contribution is -0.141. The van der Waals surface area contributed by atoms with Gasteiger partial charge in [-0.25, -0.2) is 14.7 Å². The number of aliphatic carboxylic acids is 1. The Kier molecular flexibility index (Phi) is 4.14. The lowest BCUT2D eigenvalue weighted by Crippen LogP contribution is -2.45. The van der Waals surface area contributed by atoms with E-state index in [0.717, 1.165) is 25.0 Å². The fourth-order valence-corrected chi connectivity index (χ4v) is 5.79. The molecule has 0 aromatic rings. The SMILES string of the molecule is CC1CC[C@H]2OC3=C4[C@H](C[C@@H](O)C3)CN(OC(=O)NC3(C(=O)O)CC3)C=CC42C1. The second-order valence-corrected chi connectivity index (χ2v) is 9.47. The minimum Gasteiger partial charge on any atom is -0.493 e. The third kappa shape index (κ3) is 2.99. The van der Waals surface area contributed by atoms with Gasteiger partial charge in [-0.3, -0.25) is 0 Å². The zero-order valence-electron chi connectivity index (χ0n) is 16.6. The maximum Gasteiger partial charge on any atom is 0.432 e. The van der Waals surface area contributed by atoms with E-state index in [0.29, 0.717) is 38.1 Å². The number of carboxylic acids is 1. The molecule has 5 aliphatic rings. The summed E-state index contributed by atoms with van der Waals surface area (Å²) in [5.74, 6) is 0.489. The zero-order chi connectivity index (χ0) is 20.4. The summed E-state index contributed by atoms with van der Waals surface area (Å²) in [6, 6.07) is 0. The predicted octanol–water partition coefficient (Wildman–Crippen LogP) is 2.30. The molecule has 1 spiro atoms. The molecule has 3 aliphatic carbocycles. The molecule has 2 aliphatic heterocycles. The summed E-state index contributed by atoms with van der Waals surface area (Å²) in [5, 5.41) is 23.6. The highest BCUT2D eigenvalue weighted by molar-refractivity contribution is 5.87. The number of aliphatic hydroxyl groups is 1. The van der Waals surface area contributed by atoms with Crippen molar-refractivity contribution in [3.63, 3.8) is 0 Å². The van der Waals surface area contributed by atoms with E-state index in [1.807, 2.05) is 0 Å².